The van der Waals surface area contributed by atoms with Crippen LogP contribution in [0.5, 0.6) is 0 Å². The highest BCUT2D eigenvalue weighted by atomic mass is 16.6. The fourth-order valence-electron chi connectivity index (χ4n) is 5.58. The van der Waals surface area contributed by atoms with Crippen LogP contribution < -0.4 is 5.32 Å². The number of hydrogen-bond donors (Lipinski definition) is 2. The molecule has 4 rings (SSSR count). The lowest BCUT2D eigenvalue weighted by Gasteiger charge is -2.41. The van der Waals surface area contributed by atoms with Crippen LogP contribution in [-0.4, -0.2) is 78.9 Å². The predicted octanol–water partition coefficient (Wildman–Crippen LogP) is 8.52. The third-order valence-corrected chi connectivity index (χ3v) is 10.9. The first-order chi connectivity index (χ1) is 28.1. The predicted molar refractivity (Wildman–Crippen MR) is 231 cm³/mol. The summed E-state index contributed by atoms with van der Waals surface area (Å²) < 4.78 is 25.4. The molecule has 61 heavy (non-hydrogen) atoms. The highest BCUT2D eigenvalue weighted by molar-refractivity contribution is 5.96. The number of hydrogen-bond acceptors (Lipinski definition) is 12. The molecule has 2 N–H and O–H groups in total. The fourth-order valence-corrected chi connectivity index (χ4v) is 5.58. The molecule has 2 bridgehead atoms. The Morgan fingerprint density at radius 2 is 1.08 bits per heavy atom. The minimum atomic E-state index is -0.952. The van der Waals surface area contributed by atoms with Crippen LogP contribution in [0.25, 0.3) is 0 Å². The van der Waals surface area contributed by atoms with E-state index in [1.807, 2.05) is 81.4 Å². The quantitative estimate of drug-likeness (QED) is 0.0497. The molecule has 1 saturated carbocycles. The zero-order valence-electron chi connectivity index (χ0n) is 38.7. The number of rotatable bonds is 17. The average Bonchev–Trinajstić information content (AvgIpc) is 3.20. The molecule has 4 atom stereocenters. The lowest BCUT2D eigenvalue weighted by Crippen LogP contribution is -2.46. The van der Waals surface area contributed by atoms with Gasteiger partial charge in [0.25, 0.3) is 0 Å². The number of nitrogens with one attached hydrogen (secondary N) is 1. The fraction of sp³-hybridized carbons (Fsp3) is 0.638. The molecule has 1 aromatic rings. The largest absolute Gasteiger partial charge is 0.481 e. The number of ether oxygens (including phenoxy) is 5. The van der Waals surface area contributed by atoms with Crippen molar-refractivity contribution in [2.75, 3.05) is 31.7 Å². The van der Waals surface area contributed by atoms with Crippen molar-refractivity contribution in [1.82, 2.24) is 0 Å². The number of carboxylic acid groups (broad SMARTS) is 1. The monoisotopic (exact) mass is 857 g/mol. The van der Waals surface area contributed by atoms with Gasteiger partial charge in [0.15, 0.2) is 0 Å². The van der Waals surface area contributed by atoms with E-state index in [1.54, 1.807) is 45.0 Å². The SMILES string of the molecule is C=C(C)C(=O)OCCOC(=O)C(C)(C)CC.CCC(C)(C)C(=O)Nc1ccc(C(=O)OC(C)(C)C)cc1.CCC(C)(C)C(=O)OCCOC(=O)C1C2C=CC(CC2)C1C(=O)O. The number of anilines is 1. The molecule has 4 unspecified atom stereocenters. The lowest BCUT2D eigenvalue weighted by atomic mass is 9.62. The van der Waals surface area contributed by atoms with E-state index in [1.165, 1.54) is 0 Å². The standard InChI is InChI=1S/C18H26O6.C17H25NO3.C12H20O4/c1-4-18(2,3)17(22)24-10-9-23-16(21)14-12-7-5-11(6-8-12)13(14)15(19)20;1-7-17(5,6)15(20)18-13-10-8-12(9-11-13)14(19)21-16(2,3)4;1-6-12(4,5)11(14)16-8-7-15-10(13)9(2)3/h5,7,11-14H,4,6,8-10H2,1-3H3,(H,19,20);8-11H,7H2,1-6H3,(H,18,20);2,6-8H2,1,3-5H3. The number of carbonyl (C=O) groups excluding carboxylic acids is 6. The van der Waals surface area contributed by atoms with E-state index in [4.69, 9.17) is 23.7 Å². The van der Waals surface area contributed by atoms with Gasteiger partial charge in [-0.3, -0.25) is 24.0 Å². The van der Waals surface area contributed by atoms with E-state index in [0.29, 0.717) is 29.7 Å². The first-order valence-electron chi connectivity index (χ1n) is 21.0. The average molecular weight is 858 g/mol. The zero-order chi connectivity index (χ0) is 46.9. The van der Waals surface area contributed by atoms with Gasteiger partial charge < -0.3 is 34.1 Å². The third kappa shape index (κ3) is 17.9. The van der Waals surface area contributed by atoms with Gasteiger partial charge in [0.2, 0.25) is 5.91 Å². The smallest absolute Gasteiger partial charge is 0.338 e. The molecule has 1 aromatic carbocycles. The summed E-state index contributed by atoms with van der Waals surface area (Å²) in [5.41, 5.74) is -0.505. The molecule has 14 nitrogen and oxygen atoms in total. The summed E-state index contributed by atoms with van der Waals surface area (Å²) in [5, 5.41) is 12.3. The second-order valence-corrected chi connectivity index (χ2v) is 18.3. The van der Waals surface area contributed by atoms with Crippen molar-refractivity contribution in [3.8, 4) is 0 Å². The third-order valence-electron chi connectivity index (χ3n) is 10.9. The van der Waals surface area contributed by atoms with Gasteiger partial charge in [-0.25, -0.2) is 9.59 Å². The Labute approximate surface area is 362 Å². The Hall–Kier alpha value is -5.01. The summed E-state index contributed by atoms with van der Waals surface area (Å²) in [6.45, 7) is 27.4. The number of carbonyl (C=O) groups is 7. The van der Waals surface area contributed by atoms with Crippen molar-refractivity contribution in [3.05, 3.63) is 54.1 Å². The van der Waals surface area contributed by atoms with Crippen LogP contribution in [0.4, 0.5) is 5.69 Å². The van der Waals surface area contributed by atoms with Crippen LogP contribution in [0.15, 0.2) is 48.6 Å². The number of fused-ring (bicyclic) bond motifs is 2. The number of esters is 5. The molecule has 0 saturated heterocycles. The Kier molecular flexibility index (Phi) is 21.1. The summed E-state index contributed by atoms with van der Waals surface area (Å²) in [5.74, 6) is -4.48. The molecule has 3 aliphatic carbocycles. The van der Waals surface area contributed by atoms with Crippen molar-refractivity contribution >= 4 is 47.4 Å². The van der Waals surface area contributed by atoms with E-state index >= 15 is 0 Å². The lowest BCUT2D eigenvalue weighted by molar-refractivity contribution is -0.167. The van der Waals surface area contributed by atoms with Gasteiger partial charge in [0, 0.05) is 16.7 Å². The minimum Gasteiger partial charge on any atom is -0.481 e. The van der Waals surface area contributed by atoms with Crippen LogP contribution >= 0.6 is 0 Å². The zero-order valence-corrected chi connectivity index (χ0v) is 38.7. The summed E-state index contributed by atoms with van der Waals surface area (Å²) >= 11 is 0. The van der Waals surface area contributed by atoms with Crippen LogP contribution in [0.1, 0.15) is 132 Å². The Morgan fingerprint density at radius 3 is 1.48 bits per heavy atom. The molecule has 3 aliphatic rings. The Morgan fingerprint density at radius 1 is 0.656 bits per heavy atom. The molecule has 14 heteroatoms. The molecule has 342 valence electrons. The van der Waals surface area contributed by atoms with Crippen LogP contribution in [0.3, 0.4) is 0 Å². The molecule has 1 amide bonds. The van der Waals surface area contributed by atoms with Gasteiger partial charge in [0.1, 0.15) is 32.0 Å². The Bertz CT molecular complexity index is 1720. The van der Waals surface area contributed by atoms with Crippen molar-refractivity contribution in [3.63, 3.8) is 0 Å². The summed E-state index contributed by atoms with van der Waals surface area (Å²) in [6, 6.07) is 6.73. The van der Waals surface area contributed by atoms with Gasteiger partial charge in [-0.05, 0) is 124 Å². The number of carboxylic acids is 1. The van der Waals surface area contributed by atoms with Gasteiger partial charge in [-0.15, -0.1) is 0 Å². The maximum absolute atomic E-state index is 12.3. The number of benzene rings is 1. The maximum atomic E-state index is 12.3. The van der Waals surface area contributed by atoms with Gasteiger partial charge in [0.05, 0.1) is 28.2 Å². The van der Waals surface area contributed by atoms with Crippen molar-refractivity contribution in [2.45, 2.75) is 128 Å². The van der Waals surface area contributed by atoms with E-state index in [-0.39, 0.29) is 62.1 Å². The van der Waals surface area contributed by atoms with E-state index < -0.39 is 51.6 Å². The summed E-state index contributed by atoms with van der Waals surface area (Å²) in [6.07, 6.45) is 7.57. The highest BCUT2D eigenvalue weighted by Gasteiger charge is 2.49. The van der Waals surface area contributed by atoms with Crippen LogP contribution in [0.2, 0.25) is 0 Å². The molecule has 0 radical (unpaired) electrons. The summed E-state index contributed by atoms with van der Waals surface area (Å²) in [4.78, 5) is 82.1. The highest BCUT2D eigenvalue weighted by Crippen LogP contribution is 2.45. The van der Waals surface area contributed by atoms with Crippen molar-refractivity contribution in [1.29, 1.82) is 0 Å². The first kappa shape index (κ1) is 54.0. The van der Waals surface area contributed by atoms with Crippen molar-refractivity contribution < 1.29 is 62.4 Å². The molecule has 0 aromatic heterocycles. The number of allylic oxidation sites excluding steroid dienone is 2. The van der Waals surface area contributed by atoms with Crippen LogP contribution in [-0.2, 0) is 52.5 Å². The Balaban J connectivity index is 0.000000468. The van der Waals surface area contributed by atoms with E-state index in [0.717, 1.165) is 19.3 Å². The molecule has 0 heterocycles. The minimum absolute atomic E-state index is 0.0115. The maximum Gasteiger partial charge on any atom is 0.338 e. The van der Waals surface area contributed by atoms with E-state index in [9.17, 15) is 38.7 Å². The topological polar surface area (TPSA) is 198 Å². The molecular formula is C47H71NO13. The van der Waals surface area contributed by atoms with Gasteiger partial charge in [-0.2, -0.15) is 0 Å². The van der Waals surface area contributed by atoms with Gasteiger partial charge in [-0.1, -0.05) is 53.3 Å². The normalized spacial score (nSPS) is 18.1. The van der Waals surface area contributed by atoms with Crippen molar-refractivity contribution in [2.24, 2.45) is 39.9 Å². The first-order valence-corrected chi connectivity index (χ1v) is 21.0. The second kappa shape index (κ2) is 23.8. The number of amides is 1. The molecule has 1 fully saturated rings. The number of aliphatic carboxylic acids is 1. The second-order valence-electron chi connectivity index (χ2n) is 18.3. The summed E-state index contributed by atoms with van der Waals surface area (Å²) in [7, 11) is 0. The molecule has 0 spiro atoms. The molecule has 0 aliphatic heterocycles. The van der Waals surface area contributed by atoms with Crippen LogP contribution in [0, 0.1) is 39.9 Å². The molecular weight excluding hydrogens is 787 g/mol. The van der Waals surface area contributed by atoms with E-state index in [2.05, 4.69) is 11.9 Å². The van der Waals surface area contributed by atoms with Gasteiger partial charge >= 0.3 is 35.8 Å².